The molecule has 1 N–H and O–H groups in total. The average Bonchev–Trinajstić information content (AvgIpc) is 2.97. The third-order valence-electron chi connectivity index (χ3n) is 3.51. The Morgan fingerprint density at radius 1 is 1.38 bits per heavy atom. The highest BCUT2D eigenvalue weighted by Crippen LogP contribution is 2.33. The fourth-order valence-corrected chi connectivity index (χ4v) is 4.80. The molecule has 2 aromatic rings. The second-order valence-electron chi connectivity index (χ2n) is 5.21. The van der Waals surface area contributed by atoms with Crippen molar-refractivity contribution in [3.8, 4) is 0 Å². The van der Waals surface area contributed by atoms with E-state index in [1.807, 2.05) is 37.4 Å². The summed E-state index contributed by atoms with van der Waals surface area (Å²) in [6, 6.07) is 7.19. The molecule has 0 unspecified atom stereocenters. The van der Waals surface area contributed by atoms with Gasteiger partial charge in [0.25, 0.3) is 0 Å². The fraction of sp³-hybridized carbons (Fsp3) is 0.333. The summed E-state index contributed by atoms with van der Waals surface area (Å²) in [4.78, 5) is 26.5. The number of aromatic nitrogens is 2. The molecule has 0 radical (unpaired) electrons. The van der Waals surface area contributed by atoms with Gasteiger partial charge in [0.15, 0.2) is 8.68 Å². The second-order valence-corrected chi connectivity index (χ2v) is 8.46. The smallest absolute Gasteiger partial charge is 0.237 e. The molecule has 126 valence electrons. The number of hydrogen-bond acceptors (Lipinski definition) is 7. The van der Waals surface area contributed by atoms with E-state index in [4.69, 9.17) is 0 Å². The van der Waals surface area contributed by atoms with Crippen LogP contribution in [0.15, 0.2) is 32.9 Å². The van der Waals surface area contributed by atoms with Crippen LogP contribution in [0.4, 0.5) is 11.4 Å². The van der Waals surface area contributed by atoms with Crippen molar-refractivity contribution in [3.05, 3.63) is 24.3 Å². The van der Waals surface area contributed by atoms with Crippen molar-refractivity contribution in [1.29, 1.82) is 0 Å². The molecule has 1 aromatic heterocycles. The van der Waals surface area contributed by atoms with Crippen LogP contribution in [-0.4, -0.2) is 40.1 Å². The van der Waals surface area contributed by atoms with Crippen LogP contribution in [0, 0.1) is 0 Å². The van der Waals surface area contributed by atoms with Gasteiger partial charge in [-0.05, 0) is 25.3 Å². The van der Waals surface area contributed by atoms with Gasteiger partial charge in [0.05, 0.1) is 17.1 Å². The number of anilines is 2. The predicted octanol–water partition coefficient (Wildman–Crippen LogP) is 3.12. The van der Waals surface area contributed by atoms with Gasteiger partial charge in [-0.2, -0.15) is 0 Å². The van der Waals surface area contributed by atoms with E-state index in [0.717, 1.165) is 14.4 Å². The van der Waals surface area contributed by atoms with Crippen LogP contribution in [0.2, 0.25) is 0 Å². The third-order valence-corrected chi connectivity index (χ3v) is 6.53. The van der Waals surface area contributed by atoms with E-state index in [1.165, 1.54) is 34.9 Å². The average molecular weight is 381 g/mol. The molecule has 0 aliphatic carbocycles. The van der Waals surface area contributed by atoms with Crippen LogP contribution in [0.1, 0.15) is 13.3 Å². The summed E-state index contributed by atoms with van der Waals surface area (Å²) in [7, 11) is 0. The van der Waals surface area contributed by atoms with Gasteiger partial charge in [-0.15, -0.1) is 10.2 Å². The molecule has 1 aliphatic heterocycles. The highest BCUT2D eigenvalue weighted by atomic mass is 32.2. The number of carbonyl (C=O) groups is 2. The zero-order chi connectivity index (χ0) is 17.1. The first-order valence-electron chi connectivity index (χ1n) is 7.29. The van der Waals surface area contributed by atoms with Crippen LogP contribution in [0.3, 0.4) is 0 Å². The highest BCUT2D eigenvalue weighted by molar-refractivity contribution is 8.03. The Hall–Kier alpha value is -1.58. The van der Waals surface area contributed by atoms with Gasteiger partial charge in [-0.25, -0.2) is 0 Å². The molecule has 2 heterocycles. The minimum absolute atomic E-state index is 0.0441. The van der Waals surface area contributed by atoms with Gasteiger partial charge in [0.2, 0.25) is 11.8 Å². The van der Waals surface area contributed by atoms with Gasteiger partial charge in [0, 0.05) is 12.5 Å². The Balaban J connectivity index is 1.78. The van der Waals surface area contributed by atoms with Crippen molar-refractivity contribution in [2.75, 3.05) is 22.2 Å². The van der Waals surface area contributed by atoms with E-state index < -0.39 is 0 Å². The Bertz CT molecular complexity index is 765. The van der Waals surface area contributed by atoms with E-state index in [0.29, 0.717) is 5.69 Å². The zero-order valence-electron chi connectivity index (χ0n) is 13.2. The van der Waals surface area contributed by atoms with Crippen molar-refractivity contribution in [3.63, 3.8) is 0 Å². The molecule has 2 amide bonds. The van der Waals surface area contributed by atoms with Crippen molar-refractivity contribution in [2.24, 2.45) is 0 Å². The van der Waals surface area contributed by atoms with Gasteiger partial charge < -0.3 is 10.2 Å². The number of para-hydroxylation sites is 2. The van der Waals surface area contributed by atoms with Gasteiger partial charge in [0.1, 0.15) is 0 Å². The monoisotopic (exact) mass is 380 g/mol. The van der Waals surface area contributed by atoms with Gasteiger partial charge in [-0.3, -0.25) is 9.59 Å². The maximum Gasteiger partial charge on any atom is 0.237 e. The molecule has 0 spiro atoms. The summed E-state index contributed by atoms with van der Waals surface area (Å²) in [5, 5.41) is 11.0. The molecule has 3 rings (SSSR count). The molecular formula is C15H16N4O2S3. The first kappa shape index (κ1) is 17.2. The fourth-order valence-electron chi connectivity index (χ4n) is 2.50. The van der Waals surface area contributed by atoms with Gasteiger partial charge in [-0.1, -0.05) is 47.0 Å². The van der Waals surface area contributed by atoms with Crippen molar-refractivity contribution < 1.29 is 9.59 Å². The van der Waals surface area contributed by atoms with Crippen LogP contribution < -0.4 is 10.2 Å². The van der Waals surface area contributed by atoms with E-state index in [-0.39, 0.29) is 30.0 Å². The minimum atomic E-state index is -0.196. The number of hydrogen-bond donors (Lipinski definition) is 1. The summed E-state index contributed by atoms with van der Waals surface area (Å²) in [5.41, 5.74) is 1.41. The molecule has 9 heteroatoms. The van der Waals surface area contributed by atoms with E-state index >= 15 is 0 Å². The standard InChI is InChI=1S/C15H16N4O2S3/c1-9-7-12(20)16-10-5-3-4-6-11(10)19(9)13(21)8-23-15-18-17-14(22-2)24-15/h3-6,9H,7-8H2,1-2H3,(H,16,20)/t9-/m1/s1. The Labute approximate surface area is 152 Å². The summed E-state index contributed by atoms with van der Waals surface area (Å²) < 4.78 is 1.66. The van der Waals surface area contributed by atoms with Crippen LogP contribution in [0.25, 0.3) is 0 Å². The van der Waals surface area contributed by atoms with Crippen LogP contribution >= 0.6 is 34.9 Å². The molecule has 0 fully saturated rings. The van der Waals surface area contributed by atoms with E-state index in [2.05, 4.69) is 15.5 Å². The quantitative estimate of drug-likeness (QED) is 0.822. The first-order valence-corrected chi connectivity index (χ1v) is 10.3. The van der Waals surface area contributed by atoms with Crippen LogP contribution in [0.5, 0.6) is 0 Å². The number of nitrogens with zero attached hydrogens (tertiary/aromatic N) is 3. The maximum atomic E-state index is 12.8. The number of rotatable bonds is 4. The lowest BCUT2D eigenvalue weighted by molar-refractivity contribution is -0.117. The predicted molar refractivity (Wildman–Crippen MR) is 99.1 cm³/mol. The number of carbonyl (C=O) groups excluding carboxylic acids is 2. The van der Waals surface area contributed by atoms with E-state index in [1.54, 1.807) is 4.90 Å². The lowest BCUT2D eigenvalue weighted by Crippen LogP contribution is -2.40. The zero-order valence-corrected chi connectivity index (χ0v) is 15.6. The largest absolute Gasteiger partial charge is 0.324 e. The van der Waals surface area contributed by atoms with Gasteiger partial charge >= 0.3 is 0 Å². The Morgan fingerprint density at radius 2 is 2.12 bits per heavy atom. The Kier molecular flexibility index (Phi) is 5.42. The van der Waals surface area contributed by atoms with Crippen molar-refractivity contribution >= 4 is 58.0 Å². The summed E-state index contributed by atoms with van der Waals surface area (Å²) >= 11 is 4.39. The number of amides is 2. The summed E-state index contributed by atoms with van der Waals surface area (Å²) in [6.07, 6.45) is 2.22. The minimum Gasteiger partial charge on any atom is -0.324 e. The maximum absolute atomic E-state index is 12.8. The van der Waals surface area contributed by atoms with E-state index in [9.17, 15) is 9.59 Å². The molecule has 0 saturated heterocycles. The number of fused-ring (bicyclic) bond motifs is 1. The number of benzene rings is 1. The van der Waals surface area contributed by atoms with Crippen molar-refractivity contribution in [2.45, 2.75) is 28.1 Å². The lowest BCUT2D eigenvalue weighted by atomic mass is 10.2. The molecule has 0 bridgehead atoms. The number of nitrogens with one attached hydrogen (secondary N) is 1. The topological polar surface area (TPSA) is 75.2 Å². The normalized spacial score (nSPS) is 17.2. The molecule has 1 aromatic carbocycles. The molecule has 1 atom stereocenters. The molecule has 1 aliphatic rings. The number of thioether (sulfide) groups is 2. The summed E-state index contributed by atoms with van der Waals surface area (Å²) in [6.45, 7) is 1.89. The third kappa shape index (κ3) is 3.73. The summed E-state index contributed by atoms with van der Waals surface area (Å²) in [5.74, 6) is 0.138. The van der Waals surface area contributed by atoms with Crippen LogP contribution in [-0.2, 0) is 9.59 Å². The highest BCUT2D eigenvalue weighted by Gasteiger charge is 2.29. The Morgan fingerprint density at radius 3 is 2.88 bits per heavy atom. The SMILES string of the molecule is CSc1nnc(SCC(=O)N2c3ccccc3NC(=O)C[C@H]2C)s1. The van der Waals surface area contributed by atoms with Crippen molar-refractivity contribution in [1.82, 2.24) is 10.2 Å². The molecule has 24 heavy (non-hydrogen) atoms. The molecule has 6 nitrogen and oxygen atoms in total. The lowest BCUT2D eigenvalue weighted by Gasteiger charge is -2.27. The first-order chi connectivity index (χ1) is 11.6. The molecule has 0 saturated carbocycles. The second kappa shape index (κ2) is 7.54. The molecular weight excluding hydrogens is 364 g/mol.